The smallest absolute Gasteiger partial charge is 0.181 e. The van der Waals surface area contributed by atoms with Crippen LogP contribution in [0, 0.1) is 0 Å². The van der Waals surface area contributed by atoms with Gasteiger partial charge in [0.15, 0.2) is 10.9 Å². The fourth-order valence-corrected chi connectivity index (χ4v) is 2.88. The van der Waals surface area contributed by atoms with Crippen molar-refractivity contribution in [1.82, 2.24) is 4.98 Å². The van der Waals surface area contributed by atoms with Gasteiger partial charge in [-0.1, -0.05) is 17.4 Å². The normalized spacial score (nSPS) is 10.4. The summed E-state index contributed by atoms with van der Waals surface area (Å²) in [6, 6.07) is 3.91. The largest absolute Gasteiger partial charge is 0.375 e. The quantitative estimate of drug-likeness (QED) is 0.798. The minimum absolute atomic E-state index is 0.0404. The van der Waals surface area contributed by atoms with Crippen molar-refractivity contribution in [2.75, 3.05) is 5.73 Å². The van der Waals surface area contributed by atoms with Gasteiger partial charge in [0.05, 0.1) is 4.88 Å². The van der Waals surface area contributed by atoms with Gasteiger partial charge in [-0.15, -0.1) is 11.3 Å². The van der Waals surface area contributed by atoms with Gasteiger partial charge >= 0.3 is 0 Å². The van der Waals surface area contributed by atoms with E-state index in [2.05, 4.69) is 4.98 Å². The van der Waals surface area contributed by atoms with E-state index in [1.54, 1.807) is 11.3 Å². The number of rotatable bonds is 2. The molecular weight excluding hydrogens is 216 g/mol. The van der Waals surface area contributed by atoms with Crippen LogP contribution in [0.2, 0.25) is 0 Å². The van der Waals surface area contributed by atoms with Crippen molar-refractivity contribution < 1.29 is 4.79 Å². The molecule has 0 aliphatic rings. The maximum atomic E-state index is 11.3. The van der Waals surface area contributed by atoms with Crippen molar-refractivity contribution >= 4 is 33.6 Å². The Labute approximate surface area is 89.2 Å². The highest BCUT2D eigenvalue weighted by Crippen LogP contribution is 2.34. The molecule has 0 amide bonds. The number of ketones is 1. The second kappa shape index (κ2) is 3.51. The number of hydrogen-bond donors (Lipinski definition) is 1. The van der Waals surface area contributed by atoms with E-state index in [-0.39, 0.29) is 5.78 Å². The molecule has 0 saturated heterocycles. The molecule has 2 aromatic heterocycles. The zero-order chi connectivity index (χ0) is 10.1. The number of anilines is 1. The predicted octanol–water partition coefficient (Wildman–Crippen LogP) is 2.66. The first-order chi connectivity index (χ1) is 6.68. The van der Waals surface area contributed by atoms with Crippen LogP contribution in [-0.4, -0.2) is 10.8 Å². The lowest BCUT2D eigenvalue weighted by Crippen LogP contribution is -1.94. The minimum Gasteiger partial charge on any atom is -0.375 e. The Morgan fingerprint density at radius 3 is 2.93 bits per heavy atom. The van der Waals surface area contributed by atoms with Crippen LogP contribution in [-0.2, 0) is 0 Å². The first-order valence-electron chi connectivity index (χ1n) is 3.99. The fraction of sp³-hybridized carbons (Fsp3) is 0.111. The van der Waals surface area contributed by atoms with Crippen molar-refractivity contribution in [3.05, 3.63) is 23.2 Å². The van der Waals surface area contributed by atoms with E-state index in [9.17, 15) is 4.79 Å². The molecule has 0 aliphatic carbocycles. The molecular formula is C9H8N2OS2. The Morgan fingerprint density at radius 1 is 1.57 bits per heavy atom. The molecule has 72 valence electrons. The van der Waals surface area contributed by atoms with Crippen molar-refractivity contribution in [1.29, 1.82) is 0 Å². The molecule has 2 aromatic rings. The lowest BCUT2D eigenvalue weighted by atomic mass is 10.2. The summed E-state index contributed by atoms with van der Waals surface area (Å²) in [7, 11) is 0. The predicted molar refractivity (Wildman–Crippen MR) is 59.8 cm³/mol. The van der Waals surface area contributed by atoms with Gasteiger partial charge in [0, 0.05) is 11.8 Å². The first kappa shape index (κ1) is 9.36. The summed E-state index contributed by atoms with van der Waals surface area (Å²) in [6.07, 6.45) is 0. The molecule has 0 spiro atoms. The maximum absolute atomic E-state index is 11.3. The van der Waals surface area contributed by atoms with E-state index >= 15 is 0 Å². The van der Waals surface area contributed by atoms with Crippen LogP contribution < -0.4 is 5.73 Å². The average molecular weight is 224 g/mol. The lowest BCUT2D eigenvalue weighted by Gasteiger charge is -1.92. The molecule has 2 N–H and O–H groups in total. The summed E-state index contributed by atoms with van der Waals surface area (Å²) in [5, 5.41) is 2.41. The summed E-state index contributed by atoms with van der Waals surface area (Å²) >= 11 is 2.94. The summed E-state index contributed by atoms with van der Waals surface area (Å²) in [4.78, 5) is 17.2. The molecule has 2 heterocycles. The van der Waals surface area contributed by atoms with Gasteiger partial charge in [-0.05, 0) is 11.4 Å². The average Bonchev–Trinajstić information content (AvgIpc) is 2.70. The van der Waals surface area contributed by atoms with Crippen molar-refractivity contribution in [2.45, 2.75) is 6.92 Å². The molecule has 2 rings (SSSR count). The number of thiazole rings is 1. The molecule has 0 bridgehead atoms. The lowest BCUT2D eigenvalue weighted by molar-refractivity contribution is 0.101. The van der Waals surface area contributed by atoms with Gasteiger partial charge in [0.1, 0.15) is 5.69 Å². The number of hydrogen-bond acceptors (Lipinski definition) is 5. The molecule has 3 nitrogen and oxygen atoms in total. The molecule has 14 heavy (non-hydrogen) atoms. The first-order valence-corrected chi connectivity index (χ1v) is 5.69. The number of aromatic nitrogens is 1. The highest BCUT2D eigenvalue weighted by Gasteiger charge is 2.15. The summed E-state index contributed by atoms with van der Waals surface area (Å²) < 4.78 is 0. The number of nitrogens with two attached hydrogens (primary N) is 1. The van der Waals surface area contributed by atoms with Crippen LogP contribution in [0.1, 0.15) is 17.4 Å². The third-order valence-electron chi connectivity index (χ3n) is 1.72. The number of nitrogen functional groups attached to an aromatic ring is 1. The highest BCUT2D eigenvalue weighted by molar-refractivity contribution is 7.23. The second-order valence-electron chi connectivity index (χ2n) is 2.76. The van der Waals surface area contributed by atoms with Gasteiger partial charge < -0.3 is 5.73 Å². The summed E-state index contributed by atoms with van der Waals surface area (Å²) in [5.41, 5.74) is 6.06. The van der Waals surface area contributed by atoms with Crippen LogP contribution in [0.5, 0.6) is 0 Å². The van der Waals surface area contributed by atoms with Crippen LogP contribution in [0.25, 0.3) is 9.75 Å². The van der Waals surface area contributed by atoms with Crippen LogP contribution in [0.3, 0.4) is 0 Å². The van der Waals surface area contributed by atoms with E-state index in [0.29, 0.717) is 10.8 Å². The van der Waals surface area contributed by atoms with E-state index in [4.69, 9.17) is 5.73 Å². The number of Topliss-reactive ketones (excluding diaryl/α,β-unsaturated/α-hetero) is 1. The van der Waals surface area contributed by atoms with Crippen molar-refractivity contribution in [2.24, 2.45) is 0 Å². The topological polar surface area (TPSA) is 56.0 Å². The highest BCUT2D eigenvalue weighted by atomic mass is 32.1. The van der Waals surface area contributed by atoms with Crippen LogP contribution >= 0.6 is 22.7 Å². The zero-order valence-electron chi connectivity index (χ0n) is 7.48. The fourth-order valence-electron chi connectivity index (χ4n) is 1.15. The number of nitrogens with zero attached hydrogens (tertiary/aromatic N) is 1. The Balaban J connectivity index is 2.58. The van der Waals surface area contributed by atoms with E-state index < -0.39 is 0 Å². The molecule has 0 unspecified atom stereocenters. The van der Waals surface area contributed by atoms with Gasteiger partial charge in [0.25, 0.3) is 0 Å². The third kappa shape index (κ3) is 1.56. The van der Waals surface area contributed by atoms with Crippen LogP contribution in [0.15, 0.2) is 17.5 Å². The SMILES string of the molecule is CC(=O)c1nc(N)sc1-c1cccs1. The summed E-state index contributed by atoms with van der Waals surface area (Å²) in [6.45, 7) is 1.51. The maximum Gasteiger partial charge on any atom is 0.181 e. The molecule has 0 aliphatic heterocycles. The van der Waals surface area contributed by atoms with Crippen molar-refractivity contribution in [3.8, 4) is 9.75 Å². The number of thiophene rings is 1. The number of carbonyl (C=O) groups excluding carboxylic acids is 1. The standard InChI is InChI=1S/C9H8N2OS2/c1-5(12)7-8(14-9(10)11-7)6-3-2-4-13-6/h2-4H,1H3,(H2,10,11). The van der Waals surface area contributed by atoms with E-state index in [1.165, 1.54) is 18.3 Å². The minimum atomic E-state index is -0.0404. The summed E-state index contributed by atoms with van der Waals surface area (Å²) in [5.74, 6) is -0.0404. The Bertz CT molecular complexity index is 459. The molecule has 0 fully saturated rings. The molecule has 0 radical (unpaired) electrons. The van der Waals surface area contributed by atoms with E-state index in [1.807, 2.05) is 17.5 Å². The zero-order valence-corrected chi connectivity index (χ0v) is 9.11. The second-order valence-corrected chi connectivity index (χ2v) is 4.74. The Hall–Kier alpha value is -1.20. The molecule has 0 aromatic carbocycles. The van der Waals surface area contributed by atoms with Crippen LogP contribution in [0.4, 0.5) is 5.13 Å². The van der Waals surface area contributed by atoms with Gasteiger partial charge in [-0.25, -0.2) is 4.98 Å². The monoisotopic (exact) mass is 224 g/mol. The molecule has 0 atom stereocenters. The van der Waals surface area contributed by atoms with E-state index in [0.717, 1.165) is 9.75 Å². The van der Waals surface area contributed by atoms with Gasteiger partial charge in [0.2, 0.25) is 0 Å². The third-order valence-corrected chi connectivity index (χ3v) is 3.66. The van der Waals surface area contributed by atoms with Gasteiger partial charge in [-0.2, -0.15) is 0 Å². The Kier molecular flexibility index (Phi) is 2.35. The van der Waals surface area contributed by atoms with Gasteiger partial charge in [-0.3, -0.25) is 4.79 Å². The molecule has 0 saturated carbocycles. The molecule has 5 heteroatoms. The van der Waals surface area contributed by atoms with Crippen molar-refractivity contribution in [3.63, 3.8) is 0 Å². The number of carbonyl (C=O) groups is 1. The Morgan fingerprint density at radius 2 is 2.36 bits per heavy atom.